The van der Waals surface area contributed by atoms with E-state index in [1.807, 2.05) is 22.7 Å². The molecule has 0 amide bonds. The molecule has 2 aliphatic heterocycles. The van der Waals surface area contributed by atoms with E-state index in [-0.39, 0.29) is 44.8 Å². The number of fused-ring (bicyclic) bond motifs is 20. The van der Waals surface area contributed by atoms with Crippen LogP contribution >= 0.6 is 22.7 Å². The lowest BCUT2D eigenvalue weighted by atomic mass is 9.42. The van der Waals surface area contributed by atoms with Crippen LogP contribution in [0.4, 0.5) is 11.4 Å². The maximum atomic E-state index is 2.91. The van der Waals surface area contributed by atoms with Crippen molar-refractivity contribution in [1.29, 1.82) is 0 Å². The summed E-state index contributed by atoms with van der Waals surface area (Å²) in [5.74, 6) is 0. The summed E-state index contributed by atoms with van der Waals surface area (Å²) in [6, 6.07) is 47.8. The molecule has 0 spiro atoms. The van der Waals surface area contributed by atoms with Gasteiger partial charge in [0.05, 0.1) is 11.0 Å². The number of rotatable bonds is 1. The van der Waals surface area contributed by atoms with Gasteiger partial charge in [-0.1, -0.05) is 153 Å². The lowest BCUT2D eigenvalue weighted by Gasteiger charge is -2.45. The molecule has 0 saturated heterocycles. The molecule has 0 saturated carbocycles. The van der Waals surface area contributed by atoms with Crippen molar-refractivity contribution < 1.29 is 0 Å². The number of aromatic nitrogens is 1. The van der Waals surface area contributed by atoms with Gasteiger partial charge in [-0.25, -0.2) is 0 Å². The summed E-state index contributed by atoms with van der Waals surface area (Å²) >= 11 is 4.02. The van der Waals surface area contributed by atoms with Gasteiger partial charge in [-0.3, -0.25) is 0 Å². The van der Waals surface area contributed by atoms with Gasteiger partial charge in [0, 0.05) is 79.2 Å². The molecular formula is C75H75BN2S2. The number of thiophene rings is 2. The van der Waals surface area contributed by atoms with Crippen LogP contribution in [0.25, 0.3) is 90.1 Å². The van der Waals surface area contributed by atoms with E-state index in [0.717, 1.165) is 0 Å². The van der Waals surface area contributed by atoms with Crippen LogP contribution in [0.3, 0.4) is 0 Å². The van der Waals surface area contributed by atoms with Crippen molar-refractivity contribution in [2.24, 2.45) is 0 Å². The van der Waals surface area contributed by atoms with Crippen LogP contribution in [0.1, 0.15) is 181 Å². The summed E-state index contributed by atoms with van der Waals surface area (Å²) in [5, 5.41) is 8.32. The maximum Gasteiger partial charge on any atom is 0.333 e. The first kappa shape index (κ1) is 49.7. The fraction of sp³-hybridized carbons (Fsp3) is 0.360. The summed E-state index contributed by atoms with van der Waals surface area (Å²) in [7, 11) is 0. The number of benzene rings is 8. The quantitative estimate of drug-likeness (QED) is 0.149. The highest BCUT2D eigenvalue weighted by Crippen LogP contribution is 2.61. The van der Waals surface area contributed by atoms with Crippen molar-refractivity contribution in [3.8, 4) is 27.9 Å². The highest BCUT2D eigenvalue weighted by molar-refractivity contribution is 7.26. The average molecular weight is 1080 g/mol. The van der Waals surface area contributed by atoms with Gasteiger partial charge in [-0.05, 0) is 203 Å². The third-order valence-corrected chi connectivity index (χ3v) is 23.6. The van der Waals surface area contributed by atoms with Crippen molar-refractivity contribution in [3.63, 3.8) is 0 Å². The molecule has 8 aromatic carbocycles. The van der Waals surface area contributed by atoms with Gasteiger partial charge in [0.25, 0.3) is 0 Å². The van der Waals surface area contributed by atoms with Gasteiger partial charge in [0.2, 0.25) is 0 Å². The van der Waals surface area contributed by atoms with Crippen LogP contribution < -0.4 is 15.7 Å². The molecule has 5 aliphatic rings. The molecule has 3 aliphatic carbocycles. The molecule has 3 aromatic heterocycles. The Bertz CT molecular complexity index is 4660. The monoisotopic (exact) mass is 1080 g/mol. The average Bonchev–Trinajstić information content (AvgIpc) is 1.93. The minimum absolute atomic E-state index is 0.0105. The van der Waals surface area contributed by atoms with E-state index >= 15 is 0 Å². The van der Waals surface area contributed by atoms with Crippen molar-refractivity contribution >= 4 is 114 Å². The Morgan fingerprint density at radius 3 is 1.64 bits per heavy atom. The molecule has 400 valence electrons. The Balaban J connectivity index is 1.13. The molecular weight excluding hydrogens is 1000 g/mol. The first-order chi connectivity index (χ1) is 37.7. The second kappa shape index (κ2) is 15.3. The summed E-state index contributed by atoms with van der Waals surface area (Å²) in [4.78, 5) is 2.91. The Hall–Kier alpha value is -6.14. The molecule has 0 N–H and O–H groups in total. The summed E-state index contributed by atoms with van der Waals surface area (Å²) in [6.45, 7) is 39.2. The minimum atomic E-state index is -0.272. The number of nitrogens with zero attached hydrogens (tertiary/aromatic N) is 2. The minimum Gasteiger partial charge on any atom is -0.376 e. The number of anilines is 2. The molecule has 0 unspecified atom stereocenters. The van der Waals surface area contributed by atoms with Crippen molar-refractivity contribution in [3.05, 3.63) is 160 Å². The van der Waals surface area contributed by atoms with Crippen molar-refractivity contribution in [2.75, 3.05) is 4.81 Å². The predicted octanol–water partition coefficient (Wildman–Crippen LogP) is 20.4. The Morgan fingerprint density at radius 1 is 0.438 bits per heavy atom. The SMILES string of the molecule is CC(C)(C)c1ccc2c(c1)c1cc(C(C)(C)C)cc3c1n2-c1cc2c(c4c1B3N(c1cccc3sc5cc6c(cc5c13)C(C)(C)CCC6(C)C)c1ccc3sc5cc6c(cc5c3c1-4)C(C)(C)CCC6(C)C)C(C)(C)c1ccccc1-2. The molecule has 5 heterocycles. The van der Waals surface area contributed by atoms with Crippen LogP contribution in [-0.2, 0) is 37.9 Å². The third kappa shape index (κ3) is 6.33. The first-order valence-corrected chi connectivity index (χ1v) is 31.6. The second-order valence-electron chi connectivity index (χ2n) is 30.6. The number of hydrogen-bond donors (Lipinski definition) is 0. The highest BCUT2D eigenvalue weighted by atomic mass is 32.1. The molecule has 0 bridgehead atoms. The van der Waals surface area contributed by atoms with E-state index in [1.54, 1.807) is 0 Å². The lowest BCUT2D eigenvalue weighted by molar-refractivity contribution is 0.332. The maximum absolute atomic E-state index is 2.91. The molecule has 16 rings (SSSR count). The topological polar surface area (TPSA) is 8.17 Å². The van der Waals surface area contributed by atoms with Crippen LogP contribution in [-0.4, -0.2) is 11.4 Å². The zero-order chi connectivity index (χ0) is 55.7. The smallest absolute Gasteiger partial charge is 0.333 e. The molecule has 0 radical (unpaired) electrons. The van der Waals surface area contributed by atoms with E-state index < -0.39 is 0 Å². The second-order valence-corrected chi connectivity index (χ2v) is 32.8. The third-order valence-electron chi connectivity index (χ3n) is 21.4. The summed E-state index contributed by atoms with van der Waals surface area (Å²) in [6.07, 6.45) is 4.77. The fourth-order valence-electron chi connectivity index (χ4n) is 16.5. The van der Waals surface area contributed by atoms with E-state index in [9.17, 15) is 0 Å². The fourth-order valence-corrected chi connectivity index (χ4v) is 18.8. The van der Waals surface area contributed by atoms with Gasteiger partial charge in [-0.15, -0.1) is 22.7 Å². The Morgan fingerprint density at radius 2 is 1.01 bits per heavy atom. The van der Waals surface area contributed by atoms with Crippen LogP contribution in [0.15, 0.2) is 115 Å². The zero-order valence-electron chi connectivity index (χ0n) is 50.1. The molecule has 0 atom stereocenters. The van der Waals surface area contributed by atoms with E-state index in [2.05, 4.69) is 235 Å². The van der Waals surface area contributed by atoms with Gasteiger partial charge in [0.1, 0.15) is 0 Å². The van der Waals surface area contributed by atoms with E-state index in [1.165, 1.54) is 183 Å². The van der Waals surface area contributed by atoms with Gasteiger partial charge >= 0.3 is 6.85 Å². The van der Waals surface area contributed by atoms with Crippen molar-refractivity contribution in [1.82, 2.24) is 4.57 Å². The van der Waals surface area contributed by atoms with Gasteiger partial charge in [-0.2, -0.15) is 0 Å². The Labute approximate surface area is 482 Å². The van der Waals surface area contributed by atoms with Crippen LogP contribution in [0.5, 0.6) is 0 Å². The van der Waals surface area contributed by atoms with E-state index in [0.29, 0.717) is 0 Å². The first-order valence-electron chi connectivity index (χ1n) is 29.9. The van der Waals surface area contributed by atoms with Crippen LogP contribution in [0.2, 0.25) is 0 Å². The lowest BCUT2D eigenvalue weighted by Crippen LogP contribution is -2.61. The number of hydrogen-bond acceptors (Lipinski definition) is 3. The zero-order valence-corrected chi connectivity index (χ0v) is 51.7. The summed E-state index contributed by atoms with van der Waals surface area (Å²) < 4.78 is 8.29. The van der Waals surface area contributed by atoms with E-state index in [4.69, 9.17) is 0 Å². The summed E-state index contributed by atoms with van der Waals surface area (Å²) in [5.41, 5.74) is 26.8. The Kier molecular flexibility index (Phi) is 9.49. The predicted molar refractivity (Wildman–Crippen MR) is 351 cm³/mol. The van der Waals surface area contributed by atoms with Gasteiger partial charge in [0.15, 0.2) is 0 Å². The standard InChI is InChI=1S/C75H75BN2S2/c1-69(2,3)40-24-25-54-43(32-40)45-33-41(70(4,5)6)34-53-68(45)77(54)57-37-44-42-20-17-18-21-48(42)75(15,16)66(44)65-64-56(26-27-59-63(64)47-36-50-52(39-61(47)80-59)74(13,14)31-29-72(50,9)10)78(76(53)67(57)65)55-22-19-23-58-62(55)46-35-49-51(38-60(46)79-58)73(11,12)30-28-71(49,7)8/h17-27,32-39H,28-31H2,1-16H3. The molecule has 2 nitrogen and oxygen atoms in total. The largest absolute Gasteiger partial charge is 0.376 e. The van der Waals surface area contributed by atoms with Crippen LogP contribution in [0, 0.1) is 0 Å². The molecule has 11 aromatic rings. The normalized spacial score (nSPS) is 18.8. The molecule has 5 heteroatoms. The highest BCUT2D eigenvalue weighted by Gasteiger charge is 2.51. The van der Waals surface area contributed by atoms with Gasteiger partial charge < -0.3 is 9.38 Å². The molecule has 0 fully saturated rings. The van der Waals surface area contributed by atoms with Crippen molar-refractivity contribution in [2.45, 2.75) is 174 Å². The molecule has 80 heavy (non-hydrogen) atoms.